The highest BCUT2D eigenvalue weighted by atomic mass is 19.4. The summed E-state index contributed by atoms with van der Waals surface area (Å²) >= 11 is 0. The first-order valence-electron chi connectivity index (χ1n) is 11.4. The molecule has 3 aromatic carbocycles. The van der Waals surface area contributed by atoms with Crippen molar-refractivity contribution in [1.82, 2.24) is 5.32 Å². The fourth-order valence-corrected chi connectivity index (χ4v) is 4.72. The van der Waals surface area contributed by atoms with E-state index in [1.165, 1.54) is 17.7 Å². The van der Waals surface area contributed by atoms with Crippen molar-refractivity contribution in [2.75, 3.05) is 19.7 Å². The van der Waals surface area contributed by atoms with Crippen LogP contribution in [0.1, 0.15) is 40.7 Å². The summed E-state index contributed by atoms with van der Waals surface area (Å²) in [6, 6.07) is 20.4. The molecule has 1 heterocycles. The second kappa shape index (κ2) is 9.70. The number of ether oxygens (including phenoxy) is 1. The molecule has 1 aliphatic rings. The molecule has 3 aromatic rings. The Morgan fingerprint density at radius 3 is 2.33 bits per heavy atom. The van der Waals surface area contributed by atoms with Crippen LogP contribution in [-0.2, 0) is 22.9 Å². The SMILES string of the molecule is Cc1ccc(C)c(-c2cc(COCC3(c4ccccc4)CCNCC3)cc(C(F)(F)F)c2)c1. The molecular weight excluding hydrogens is 423 g/mol. The lowest BCUT2D eigenvalue weighted by Crippen LogP contribution is -2.43. The van der Waals surface area contributed by atoms with Crippen molar-refractivity contribution in [3.63, 3.8) is 0 Å². The first-order valence-corrected chi connectivity index (χ1v) is 11.4. The second-order valence-corrected chi connectivity index (χ2v) is 9.12. The molecule has 0 aromatic heterocycles. The average molecular weight is 454 g/mol. The lowest BCUT2D eigenvalue weighted by molar-refractivity contribution is -0.137. The van der Waals surface area contributed by atoms with Gasteiger partial charge >= 0.3 is 6.18 Å². The van der Waals surface area contributed by atoms with Crippen molar-refractivity contribution in [3.8, 4) is 11.1 Å². The minimum Gasteiger partial charge on any atom is -0.376 e. The maximum Gasteiger partial charge on any atom is 0.416 e. The molecule has 1 N–H and O–H groups in total. The van der Waals surface area contributed by atoms with Gasteiger partial charge in [0.25, 0.3) is 0 Å². The second-order valence-electron chi connectivity index (χ2n) is 9.12. The number of nitrogens with one attached hydrogen (secondary N) is 1. The zero-order valence-electron chi connectivity index (χ0n) is 19.1. The lowest BCUT2D eigenvalue weighted by atomic mass is 9.74. The van der Waals surface area contributed by atoms with Crippen LogP contribution < -0.4 is 5.32 Å². The Labute approximate surface area is 193 Å². The molecule has 1 fully saturated rings. The monoisotopic (exact) mass is 453 g/mol. The third-order valence-corrected chi connectivity index (χ3v) is 6.62. The van der Waals surface area contributed by atoms with E-state index < -0.39 is 11.7 Å². The van der Waals surface area contributed by atoms with Crippen LogP contribution in [0.25, 0.3) is 11.1 Å². The Balaban J connectivity index is 1.60. The van der Waals surface area contributed by atoms with Gasteiger partial charge < -0.3 is 10.1 Å². The third kappa shape index (κ3) is 5.48. The highest BCUT2D eigenvalue weighted by molar-refractivity contribution is 5.69. The van der Waals surface area contributed by atoms with Crippen LogP contribution in [0.4, 0.5) is 13.2 Å². The number of halogens is 3. The molecule has 1 aliphatic heterocycles. The molecule has 0 atom stereocenters. The van der Waals surface area contributed by atoms with Gasteiger partial charge in [-0.2, -0.15) is 13.2 Å². The molecule has 0 spiro atoms. The Bertz CT molecular complexity index is 1090. The zero-order chi connectivity index (χ0) is 23.5. The van der Waals surface area contributed by atoms with Crippen molar-refractivity contribution < 1.29 is 17.9 Å². The molecular formula is C28H30F3NO. The molecule has 0 amide bonds. The van der Waals surface area contributed by atoms with E-state index in [0.717, 1.165) is 42.6 Å². The van der Waals surface area contributed by atoms with Crippen molar-refractivity contribution >= 4 is 0 Å². The highest BCUT2D eigenvalue weighted by Gasteiger charge is 2.34. The van der Waals surface area contributed by atoms with Gasteiger partial charge in [-0.3, -0.25) is 0 Å². The minimum atomic E-state index is -4.41. The van der Waals surface area contributed by atoms with E-state index >= 15 is 0 Å². The predicted octanol–water partition coefficient (Wildman–Crippen LogP) is 6.83. The zero-order valence-corrected chi connectivity index (χ0v) is 19.1. The van der Waals surface area contributed by atoms with Crippen molar-refractivity contribution in [2.24, 2.45) is 0 Å². The molecule has 4 rings (SSSR count). The summed E-state index contributed by atoms with van der Waals surface area (Å²) in [4.78, 5) is 0. The largest absolute Gasteiger partial charge is 0.416 e. The van der Waals surface area contributed by atoms with Gasteiger partial charge in [-0.15, -0.1) is 0 Å². The Hall–Kier alpha value is -2.63. The van der Waals surface area contributed by atoms with E-state index in [4.69, 9.17) is 4.74 Å². The van der Waals surface area contributed by atoms with E-state index in [2.05, 4.69) is 17.4 Å². The molecule has 2 nitrogen and oxygen atoms in total. The highest BCUT2D eigenvalue weighted by Crippen LogP contribution is 2.36. The van der Waals surface area contributed by atoms with Crippen LogP contribution in [-0.4, -0.2) is 19.7 Å². The number of hydrogen-bond acceptors (Lipinski definition) is 2. The number of piperidine rings is 1. The van der Waals surface area contributed by atoms with Crippen molar-refractivity contribution in [3.05, 3.63) is 94.5 Å². The summed E-state index contributed by atoms with van der Waals surface area (Å²) < 4.78 is 47.2. The van der Waals surface area contributed by atoms with Crippen LogP contribution in [0, 0.1) is 13.8 Å². The van der Waals surface area contributed by atoms with Crippen LogP contribution >= 0.6 is 0 Å². The van der Waals surface area contributed by atoms with E-state index in [1.54, 1.807) is 0 Å². The molecule has 0 aliphatic carbocycles. The maximum atomic E-state index is 13.7. The minimum absolute atomic E-state index is 0.121. The van der Waals surface area contributed by atoms with Gasteiger partial charge in [-0.25, -0.2) is 0 Å². The van der Waals surface area contributed by atoms with Gasteiger partial charge in [-0.05, 0) is 85.8 Å². The number of alkyl halides is 3. The fraction of sp³-hybridized carbons (Fsp3) is 0.357. The Morgan fingerprint density at radius 2 is 1.64 bits per heavy atom. The standard InChI is InChI=1S/C28H30F3NO/c1-20-8-9-21(2)26(14-20)23-15-22(16-25(17-23)28(29,30)31)18-33-19-27(10-12-32-13-11-27)24-6-4-3-5-7-24/h3-9,14-17,32H,10-13,18-19H2,1-2H3. The number of benzene rings is 3. The van der Waals surface area contributed by atoms with Gasteiger partial charge in [0.05, 0.1) is 18.8 Å². The predicted molar refractivity (Wildman–Crippen MR) is 126 cm³/mol. The molecule has 0 radical (unpaired) electrons. The van der Waals surface area contributed by atoms with Gasteiger partial charge in [0.2, 0.25) is 0 Å². The van der Waals surface area contributed by atoms with Crippen LogP contribution in [0.5, 0.6) is 0 Å². The summed E-state index contributed by atoms with van der Waals surface area (Å²) in [5.74, 6) is 0. The van der Waals surface area contributed by atoms with Crippen LogP contribution in [0.2, 0.25) is 0 Å². The van der Waals surface area contributed by atoms with E-state index in [0.29, 0.717) is 17.7 Å². The van der Waals surface area contributed by atoms with Gasteiger partial charge in [0.1, 0.15) is 0 Å². The quantitative estimate of drug-likeness (QED) is 0.442. The van der Waals surface area contributed by atoms with Crippen molar-refractivity contribution in [2.45, 2.75) is 44.9 Å². The third-order valence-electron chi connectivity index (χ3n) is 6.62. The summed E-state index contributed by atoms with van der Waals surface area (Å²) in [6.07, 6.45) is -2.54. The molecule has 33 heavy (non-hydrogen) atoms. The summed E-state index contributed by atoms with van der Waals surface area (Å²) in [5.41, 5.74) is 4.37. The topological polar surface area (TPSA) is 21.3 Å². The lowest BCUT2D eigenvalue weighted by Gasteiger charge is -2.38. The fourth-order valence-electron chi connectivity index (χ4n) is 4.72. The molecule has 5 heteroatoms. The first-order chi connectivity index (χ1) is 15.8. The molecule has 0 bridgehead atoms. The Kier molecular flexibility index (Phi) is 6.91. The maximum absolute atomic E-state index is 13.7. The molecule has 0 unspecified atom stereocenters. The number of aryl methyl sites for hydroxylation is 2. The average Bonchev–Trinajstić information content (AvgIpc) is 2.81. The van der Waals surface area contributed by atoms with Gasteiger partial charge in [0.15, 0.2) is 0 Å². The number of hydrogen-bond donors (Lipinski definition) is 1. The van der Waals surface area contributed by atoms with E-state index in [9.17, 15) is 13.2 Å². The normalized spacial score (nSPS) is 16.0. The van der Waals surface area contributed by atoms with Crippen molar-refractivity contribution in [1.29, 1.82) is 0 Å². The van der Waals surface area contributed by atoms with E-state index in [-0.39, 0.29) is 12.0 Å². The van der Waals surface area contributed by atoms with E-state index in [1.807, 2.05) is 56.3 Å². The summed E-state index contributed by atoms with van der Waals surface area (Å²) in [7, 11) is 0. The smallest absolute Gasteiger partial charge is 0.376 e. The Morgan fingerprint density at radius 1 is 0.909 bits per heavy atom. The van der Waals surface area contributed by atoms with Gasteiger partial charge in [-0.1, -0.05) is 54.1 Å². The summed E-state index contributed by atoms with van der Waals surface area (Å²) in [6.45, 7) is 6.29. The van der Waals surface area contributed by atoms with Gasteiger partial charge in [0, 0.05) is 5.41 Å². The molecule has 1 saturated heterocycles. The molecule has 0 saturated carbocycles. The van der Waals surface area contributed by atoms with Crippen LogP contribution in [0.15, 0.2) is 66.7 Å². The first kappa shape index (κ1) is 23.5. The summed E-state index contributed by atoms with van der Waals surface area (Å²) in [5, 5.41) is 3.40. The molecule has 174 valence electrons. The van der Waals surface area contributed by atoms with Crippen LogP contribution in [0.3, 0.4) is 0 Å². The number of rotatable bonds is 6.